The van der Waals surface area contributed by atoms with E-state index in [9.17, 15) is 0 Å². The molecule has 0 aliphatic heterocycles. The monoisotopic (exact) mass is 322 g/mol. The topological polar surface area (TPSA) is 74.2 Å². The summed E-state index contributed by atoms with van der Waals surface area (Å²) in [6.45, 7) is 3.00. The van der Waals surface area contributed by atoms with Gasteiger partial charge in [-0.05, 0) is 6.42 Å². The van der Waals surface area contributed by atoms with Gasteiger partial charge in [-0.15, -0.1) is 0 Å². The van der Waals surface area contributed by atoms with Gasteiger partial charge in [0, 0.05) is 6.54 Å². The summed E-state index contributed by atoms with van der Waals surface area (Å²) in [6, 6.07) is 0. The van der Waals surface area contributed by atoms with Crippen LogP contribution in [0.25, 0.3) is 0 Å². The van der Waals surface area contributed by atoms with Crippen molar-refractivity contribution < 1.29 is 0 Å². The molecule has 0 spiro atoms. The van der Waals surface area contributed by atoms with E-state index in [4.69, 9.17) is 11.0 Å². The molecule has 23 heavy (non-hydrogen) atoms. The molecule has 0 aromatic rings. The van der Waals surface area contributed by atoms with Gasteiger partial charge in [0.2, 0.25) is 5.96 Å². The van der Waals surface area contributed by atoms with E-state index in [1.807, 2.05) is 0 Å². The summed E-state index contributed by atoms with van der Waals surface area (Å²) < 4.78 is 0. The Bertz CT molecular complexity index is 307. The summed E-state index contributed by atoms with van der Waals surface area (Å²) in [5.74, 6) is 0.234. The van der Waals surface area contributed by atoms with Crippen LogP contribution in [0.15, 0.2) is 4.99 Å². The van der Waals surface area contributed by atoms with Crippen LogP contribution in [0, 0.1) is 11.5 Å². The molecule has 0 saturated carbocycles. The first kappa shape index (κ1) is 21.8. The van der Waals surface area contributed by atoms with E-state index >= 15 is 0 Å². The van der Waals surface area contributed by atoms with Gasteiger partial charge in [-0.3, -0.25) is 10.3 Å². The summed E-state index contributed by atoms with van der Waals surface area (Å²) in [5, 5.41) is 10.7. The lowest BCUT2D eigenvalue weighted by Crippen LogP contribution is -2.27. The number of hydrogen-bond acceptors (Lipinski definition) is 2. The van der Waals surface area contributed by atoms with Crippen molar-refractivity contribution in [2.75, 3.05) is 6.54 Å². The highest BCUT2D eigenvalue weighted by atomic mass is 15.1. The van der Waals surface area contributed by atoms with Gasteiger partial charge in [0.15, 0.2) is 6.19 Å². The Hall–Kier alpha value is -1.24. The van der Waals surface area contributed by atoms with Gasteiger partial charge in [-0.1, -0.05) is 96.8 Å². The molecule has 4 heteroatoms. The molecule has 0 heterocycles. The van der Waals surface area contributed by atoms with Crippen molar-refractivity contribution >= 4 is 5.96 Å². The first-order valence-corrected chi connectivity index (χ1v) is 9.76. The Kier molecular flexibility index (Phi) is 17.8. The zero-order valence-electron chi connectivity index (χ0n) is 15.3. The van der Waals surface area contributed by atoms with Crippen LogP contribution in [0.5, 0.6) is 0 Å². The average Bonchev–Trinajstić information content (AvgIpc) is 2.54. The van der Waals surface area contributed by atoms with Crippen LogP contribution in [0.1, 0.15) is 103 Å². The van der Waals surface area contributed by atoms with Crippen molar-refractivity contribution in [1.29, 1.82) is 5.26 Å². The molecule has 0 unspecified atom stereocenters. The summed E-state index contributed by atoms with van der Waals surface area (Å²) in [7, 11) is 0. The molecule has 0 amide bonds. The van der Waals surface area contributed by atoms with E-state index in [-0.39, 0.29) is 5.96 Å². The number of unbranched alkanes of at least 4 members (excludes halogenated alkanes) is 14. The second-order valence-corrected chi connectivity index (χ2v) is 6.45. The minimum absolute atomic E-state index is 0.234. The lowest BCUT2D eigenvalue weighted by molar-refractivity contribution is 0.533. The lowest BCUT2D eigenvalue weighted by Gasteiger charge is -2.03. The van der Waals surface area contributed by atoms with Gasteiger partial charge in [-0.25, -0.2) is 0 Å². The highest BCUT2D eigenvalue weighted by molar-refractivity contribution is 5.79. The molecule has 0 rings (SSSR count). The van der Waals surface area contributed by atoms with Crippen LogP contribution in [-0.4, -0.2) is 12.5 Å². The highest BCUT2D eigenvalue weighted by Crippen LogP contribution is 2.13. The Morgan fingerprint density at radius 3 is 1.57 bits per heavy atom. The van der Waals surface area contributed by atoms with Gasteiger partial charge in [0.05, 0.1) is 0 Å². The molecule has 134 valence electrons. The van der Waals surface area contributed by atoms with Gasteiger partial charge in [0.25, 0.3) is 0 Å². The third kappa shape index (κ3) is 18.7. The zero-order valence-corrected chi connectivity index (χ0v) is 15.3. The fraction of sp³-hybridized carbons (Fsp3) is 0.895. The van der Waals surface area contributed by atoms with E-state index in [0.717, 1.165) is 13.0 Å². The van der Waals surface area contributed by atoms with Gasteiger partial charge < -0.3 is 5.73 Å². The van der Waals surface area contributed by atoms with E-state index < -0.39 is 0 Å². The van der Waals surface area contributed by atoms with Gasteiger partial charge >= 0.3 is 0 Å². The standard InChI is InChI=1S/C19H38N4/c1-2-3-4-5-6-7-8-9-10-11-12-13-14-15-16-17-22-19(21)23-18-20/h2-17H2,1H3,(H3,21,22,23). The number of guanidine groups is 1. The van der Waals surface area contributed by atoms with Crippen molar-refractivity contribution in [3.63, 3.8) is 0 Å². The number of nitrogens with zero attached hydrogens (tertiary/aromatic N) is 2. The van der Waals surface area contributed by atoms with Crippen molar-refractivity contribution in [1.82, 2.24) is 5.32 Å². The molecule has 0 atom stereocenters. The molecule has 0 aromatic carbocycles. The number of nitrogens with one attached hydrogen (secondary N) is 1. The fourth-order valence-electron chi connectivity index (χ4n) is 2.78. The van der Waals surface area contributed by atoms with Crippen molar-refractivity contribution in [3.8, 4) is 6.19 Å². The first-order valence-electron chi connectivity index (χ1n) is 9.76. The van der Waals surface area contributed by atoms with Crippen LogP contribution >= 0.6 is 0 Å². The summed E-state index contributed by atoms with van der Waals surface area (Å²) in [4.78, 5) is 4.07. The van der Waals surface area contributed by atoms with Crippen LogP contribution in [0.4, 0.5) is 0 Å². The maximum Gasteiger partial charge on any atom is 0.202 e. The third-order valence-electron chi connectivity index (χ3n) is 4.23. The third-order valence-corrected chi connectivity index (χ3v) is 4.23. The van der Waals surface area contributed by atoms with E-state index in [1.165, 1.54) is 89.9 Å². The smallest absolute Gasteiger partial charge is 0.202 e. The molecule has 0 radical (unpaired) electrons. The molecule has 3 N–H and O–H groups in total. The lowest BCUT2D eigenvalue weighted by atomic mass is 10.0. The molecule has 0 aliphatic carbocycles. The minimum Gasteiger partial charge on any atom is -0.369 e. The Balaban J connectivity index is 3.08. The van der Waals surface area contributed by atoms with Crippen molar-refractivity contribution in [2.24, 2.45) is 10.7 Å². The van der Waals surface area contributed by atoms with E-state index in [2.05, 4.69) is 17.2 Å². The maximum atomic E-state index is 8.35. The molecular formula is C19H38N4. The first-order chi connectivity index (χ1) is 11.3. The second kappa shape index (κ2) is 18.8. The van der Waals surface area contributed by atoms with Crippen LogP contribution in [0.3, 0.4) is 0 Å². The minimum atomic E-state index is 0.234. The normalized spacial score (nSPS) is 11.4. The molecule has 0 saturated heterocycles. The van der Waals surface area contributed by atoms with Crippen LogP contribution in [0.2, 0.25) is 0 Å². The summed E-state index contributed by atoms with van der Waals surface area (Å²) >= 11 is 0. The summed E-state index contributed by atoms with van der Waals surface area (Å²) in [5.41, 5.74) is 5.46. The van der Waals surface area contributed by atoms with E-state index in [1.54, 1.807) is 6.19 Å². The molecule has 0 bridgehead atoms. The largest absolute Gasteiger partial charge is 0.369 e. The SMILES string of the molecule is CCCCCCCCCCCCCCCCCN=C(N)NC#N. The van der Waals surface area contributed by atoms with Gasteiger partial charge in [0.1, 0.15) is 0 Å². The number of rotatable bonds is 16. The number of aliphatic imine (C=N–C) groups is 1. The predicted octanol–water partition coefficient (Wildman–Crippen LogP) is 5.24. The Labute approximate surface area is 143 Å². The van der Waals surface area contributed by atoms with Gasteiger partial charge in [-0.2, -0.15) is 5.26 Å². The molecule has 4 nitrogen and oxygen atoms in total. The fourth-order valence-corrected chi connectivity index (χ4v) is 2.78. The molecular weight excluding hydrogens is 284 g/mol. The Morgan fingerprint density at radius 2 is 1.17 bits per heavy atom. The quantitative estimate of drug-likeness (QED) is 0.134. The van der Waals surface area contributed by atoms with E-state index in [0.29, 0.717) is 0 Å². The molecule has 0 fully saturated rings. The average molecular weight is 323 g/mol. The number of hydrogen-bond donors (Lipinski definition) is 2. The maximum absolute atomic E-state index is 8.35. The van der Waals surface area contributed by atoms with Crippen LogP contribution in [-0.2, 0) is 0 Å². The number of nitriles is 1. The van der Waals surface area contributed by atoms with Crippen molar-refractivity contribution in [2.45, 2.75) is 103 Å². The highest BCUT2D eigenvalue weighted by Gasteiger charge is 1.94. The van der Waals surface area contributed by atoms with Crippen LogP contribution < -0.4 is 11.1 Å². The molecule has 0 aromatic heterocycles. The molecule has 0 aliphatic rings. The summed E-state index contributed by atoms with van der Waals surface area (Å²) in [6.07, 6.45) is 22.2. The number of nitrogens with two attached hydrogens (primary N) is 1. The second-order valence-electron chi connectivity index (χ2n) is 6.45. The zero-order chi connectivity index (χ0) is 17.0. The van der Waals surface area contributed by atoms with Crippen molar-refractivity contribution in [3.05, 3.63) is 0 Å². The Morgan fingerprint density at radius 1 is 0.783 bits per heavy atom. The predicted molar refractivity (Wildman–Crippen MR) is 100 cm³/mol.